The van der Waals surface area contributed by atoms with Gasteiger partial charge in [-0.05, 0) is 55.6 Å². The molecule has 136 valence electrons. The van der Waals surface area contributed by atoms with Crippen molar-refractivity contribution in [1.29, 1.82) is 0 Å². The second kappa shape index (κ2) is 10.2. The molecule has 0 aliphatic rings. The molecule has 0 saturated carbocycles. The molecule has 0 atom stereocenters. The predicted octanol–water partition coefficient (Wildman–Crippen LogP) is 3.76. The van der Waals surface area contributed by atoms with Gasteiger partial charge in [0.25, 0.3) is 0 Å². The van der Waals surface area contributed by atoms with E-state index in [1.54, 1.807) is 11.3 Å². The number of rotatable bonds is 8. The molecule has 1 aromatic carbocycles. The average molecular weight is 359 g/mol. The molecule has 0 unspecified atom stereocenters. The maximum atomic E-state index is 4.74. The minimum Gasteiger partial charge on any atom is -0.357 e. The van der Waals surface area contributed by atoms with E-state index in [0.29, 0.717) is 6.54 Å². The fraction of sp³-hybridized carbons (Fsp3) is 0.450. The Hall–Kier alpha value is -1.85. The number of hydrogen-bond donors (Lipinski definition) is 2. The van der Waals surface area contributed by atoms with Gasteiger partial charge in [0, 0.05) is 18.0 Å². The van der Waals surface area contributed by atoms with Gasteiger partial charge in [0.1, 0.15) is 0 Å². The van der Waals surface area contributed by atoms with E-state index in [-0.39, 0.29) is 0 Å². The summed E-state index contributed by atoms with van der Waals surface area (Å²) in [4.78, 5) is 8.40. The average Bonchev–Trinajstić information content (AvgIpc) is 3.02. The number of aliphatic imine (C=N–C) groups is 1. The van der Waals surface area contributed by atoms with Crippen LogP contribution in [0.2, 0.25) is 0 Å². The zero-order valence-electron chi connectivity index (χ0n) is 15.8. The van der Waals surface area contributed by atoms with Crippen LogP contribution >= 0.6 is 11.3 Å². The summed E-state index contributed by atoms with van der Waals surface area (Å²) in [7, 11) is 2.14. The van der Waals surface area contributed by atoms with Gasteiger partial charge in [0.2, 0.25) is 0 Å². The maximum Gasteiger partial charge on any atom is 0.191 e. The van der Waals surface area contributed by atoms with Crippen molar-refractivity contribution in [3.63, 3.8) is 0 Å². The number of hydrogen-bond acceptors (Lipinski definition) is 3. The zero-order chi connectivity index (χ0) is 18.1. The molecule has 25 heavy (non-hydrogen) atoms. The first kappa shape index (κ1) is 19.5. The van der Waals surface area contributed by atoms with Crippen LogP contribution in [-0.2, 0) is 19.6 Å². The van der Waals surface area contributed by atoms with Crippen LogP contribution in [0.5, 0.6) is 0 Å². The summed E-state index contributed by atoms with van der Waals surface area (Å²) < 4.78 is 0. The Labute approximate surface area is 156 Å². The zero-order valence-corrected chi connectivity index (χ0v) is 16.6. The number of thiophene rings is 1. The predicted molar refractivity (Wildman–Crippen MR) is 109 cm³/mol. The maximum absolute atomic E-state index is 4.74. The van der Waals surface area contributed by atoms with Gasteiger partial charge in [-0.3, -0.25) is 0 Å². The van der Waals surface area contributed by atoms with Crippen molar-refractivity contribution < 1.29 is 0 Å². The molecule has 2 aromatic rings. The second-order valence-corrected chi connectivity index (χ2v) is 7.23. The van der Waals surface area contributed by atoms with Crippen LogP contribution in [0.15, 0.2) is 40.7 Å². The van der Waals surface area contributed by atoms with Gasteiger partial charge in [0.05, 0.1) is 13.1 Å². The van der Waals surface area contributed by atoms with Crippen LogP contribution in [0.4, 0.5) is 0 Å². The largest absolute Gasteiger partial charge is 0.357 e. The molecule has 2 rings (SSSR count). The van der Waals surface area contributed by atoms with Crippen LogP contribution in [0.3, 0.4) is 0 Å². The van der Waals surface area contributed by atoms with E-state index in [1.807, 2.05) is 0 Å². The first-order chi connectivity index (χ1) is 12.1. The Bertz CT molecular complexity index is 678. The molecule has 0 fully saturated rings. The van der Waals surface area contributed by atoms with Crippen LogP contribution in [-0.4, -0.2) is 31.0 Å². The molecule has 5 heteroatoms. The van der Waals surface area contributed by atoms with Gasteiger partial charge in [-0.25, -0.2) is 4.99 Å². The van der Waals surface area contributed by atoms with Gasteiger partial charge >= 0.3 is 0 Å². The molecule has 0 amide bonds. The van der Waals surface area contributed by atoms with E-state index in [1.165, 1.54) is 21.6 Å². The molecular formula is C20H30N4S. The molecular weight excluding hydrogens is 328 g/mol. The molecule has 1 heterocycles. The molecule has 2 N–H and O–H groups in total. The summed E-state index contributed by atoms with van der Waals surface area (Å²) in [5.74, 6) is 0.867. The van der Waals surface area contributed by atoms with Gasteiger partial charge in [-0.2, -0.15) is 0 Å². The molecule has 0 radical (unpaired) electrons. The third-order valence-electron chi connectivity index (χ3n) is 4.13. The van der Waals surface area contributed by atoms with E-state index in [2.05, 4.69) is 79.1 Å². The Morgan fingerprint density at radius 3 is 2.64 bits per heavy atom. The fourth-order valence-corrected chi connectivity index (χ4v) is 3.36. The summed E-state index contributed by atoms with van der Waals surface area (Å²) in [5, 5.41) is 8.89. The number of benzene rings is 1. The number of aryl methyl sites for hydroxylation is 1. The standard InChI is InChI=1S/C20H30N4S/c1-5-21-20(23-14-19-16(3)10-11-25-19)22-13-17-8-7-9-18(12-17)15-24(4)6-2/h7-12H,5-6,13-15H2,1-4H3,(H2,21,22,23). The van der Waals surface area contributed by atoms with Crippen molar-refractivity contribution in [3.05, 3.63) is 57.3 Å². The summed E-state index contributed by atoms with van der Waals surface area (Å²) in [5.41, 5.74) is 3.91. The molecule has 0 aliphatic carbocycles. The highest BCUT2D eigenvalue weighted by molar-refractivity contribution is 7.10. The van der Waals surface area contributed by atoms with Crippen LogP contribution in [0.25, 0.3) is 0 Å². The number of guanidine groups is 1. The van der Waals surface area contributed by atoms with Crippen molar-refractivity contribution in [2.75, 3.05) is 20.1 Å². The molecule has 0 saturated heterocycles. The summed E-state index contributed by atoms with van der Waals surface area (Å²) in [6, 6.07) is 10.9. The molecule has 0 bridgehead atoms. The lowest BCUT2D eigenvalue weighted by atomic mass is 10.1. The third kappa shape index (κ3) is 6.52. The summed E-state index contributed by atoms with van der Waals surface area (Å²) in [6.07, 6.45) is 0. The van der Waals surface area contributed by atoms with E-state index in [0.717, 1.165) is 32.1 Å². The Morgan fingerprint density at radius 2 is 1.96 bits per heavy atom. The van der Waals surface area contributed by atoms with Crippen LogP contribution < -0.4 is 10.6 Å². The van der Waals surface area contributed by atoms with Crippen LogP contribution in [0.1, 0.15) is 35.4 Å². The highest BCUT2D eigenvalue weighted by Gasteiger charge is 2.03. The van der Waals surface area contributed by atoms with Crippen LogP contribution in [0, 0.1) is 6.92 Å². The number of nitrogens with zero attached hydrogens (tertiary/aromatic N) is 2. The normalized spacial score (nSPS) is 11.8. The van der Waals surface area contributed by atoms with Crippen molar-refractivity contribution in [1.82, 2.24) is 15.5 Å². The minimum atomic E-state index is 0.683. The fourth-order valence-electron chi connectivity index (χ4n) is 2.51. The lowest BCUT2D eigenvalue weighted by Crippen LogP contribution is -2.36. The topological polar surface area (TPSA) is 39.7 Å². The van der Waals surface area contributed by atoms with E-state index >= 15 is 0 Å². The molecule has 4 nitrogen and oxygen atoms in total. The van der Waals surface area contributed by atoms with Gasteiger partial charge in [-0.1, -0.05) is 31.2 Å². The second-order valence-electron chi connectivity index (χ2n) is 6.23. The van der Waals surface area contributed by atoms with Crippen molar-refractivity contribution in [2.45, 2.75) is 40.4 Å². The lowest BCUT2D eigenvalue weighted by Gasteiger charge is -2.14. The summed E-state index contributed by atoms with van der Waals surface area (Å²) in [6.45, 7) is 10.8. The van der Waals surface area contributed by atoms with Crippen molar-refractivity contribution in [3.8, 4) is 0 Å². The van der Waals surface area contributed by atoms with Gasteiger partial charge in [0.15, 0.2) is 5.96 Å². The summed E-state index contributed by atoms with van der Waals surface area (Å²) >= 11 is 1.78. The molecule has 0 aliphatic heterocycles. The molecule has 1 aromatic heterocycles. The third-order valence-corrected chi connectivity index (χ3v) is 5.16. The Morgan fingerprint density at radius 1 is 1.16 bits per heavy atom. The molecule has 0 spiro atoms. The van der Waals surface area contributed by atoms with E-state index in [4.69, 9.17) is 4.99 Å². The quantitative estimate of drug-likeness (QED) is 0.557. The SMILES string of the molecule is CCNC(=NCc1cccc(CN(C)CC)c1)NCc1sccc1C. The van der Waals surface area contributed by atoms with Crippen molar-refractivity contribution >= 4 is 17.3 Å². The first-order valence-corrected chi connectivity index (χ1v) is 9.81. The first-order valence-electron chi connectivity index (χ1n) is 8.93. The van der Waals surface area contributed by atoms with E-state index < -0.39 is 0 Å². The highest BCUT2D eigenvalue weighted by Crippen LogP contribution is 2.14. The van der Waals surface area contributed by atoms with Gasteiger partial charge in [-0.15, -0.1) is 11.3 Å². The Kier molecular flexibility index (Phi) is 7.95. The van der Waals surface area contributed by atoms with Crippen molar-refractivity contribution in [2.24, 2.45) is 4.99 Å². The smallest absolute Gasteiger partial charge is 0.191 e. The number of nitrogens with one attached hydrogen (secondary N) is 2. The van der Waals surface area contributed by atoms with E-state index in [9.17, 15) is 0 Å². The lowest BCUT2D eigenvalue weighted by molar-refractivity contribution is 0.345. The monoisotopic (exact) mass is 358 g/mol. The highest BCUT2D eigenvalue weighted by atomic mass is 32.1. The Balaban J connectivity index is 1.98. The van der Waals surface area contributed by atoms with Gasteiger partial charge < -0.3 is 15.5 Å². The minimum absolute atomic E-state index is 0.683.